The molecule has 0 fully saturated rings. The Morgan fingerprint density at radius 2 is 2.30 bits per heavy atom. The Morgan fingerprint density at radius 1 is 1.55 bits per heavy atom. The first-order valence-corrected chi connectivity index (χ1v) is 5.67. The zero-order valence-electron chi connectivity index (χ0n) is 10.5. The fraction of sp³-hybridized carbons (Fsp3) is 0.167. The van der Waals surface area contributed by atoms with E-state index >= 15 is 0 Å². The van der Waals surface area contributed by atoms with Gasteiger partial charge >= 0.3 is 5.69 Å². The van der Waals surface area contributed by atoms with Crippen molar-refractivity contribution in [1.82, 2.24) is 15.1 Å². The van der Waals surface area contributed by atoms with Gasteiger partial charge in [0.2, 0.25) is 5.82 Å². The number of amides is 1. The topological polar surface area (TPSA) is 90.1 Å². The number of hydrogen-bond acceptors (Lipinski definition) is 4. The maximum atomic E-state index is 13.2. The number of benzene rings is 1. The first kappa shape index (κ1) is 13.7. The van der Waals surface area contributed by atoms with Crippen LogP contribution in [-0.4, -0.2) is 20.6 Å². The molecule has 20 heavy (non-hydrogen) atoms. The number of rotatable bonds is 4. The lowest BCUT2D eigenvalue weighted by Crippen LogP contribution is -2.22. The van der Waals surface area contributed by atoms with Gasteiger partial charge in [-0.15, -0.1) is 0 Å². The zero-order chi connectivity index (χ0) is 14.7. The molecule has 1 heterocycles. The minimum Gasteiger partial charge on any atom is -0.348 e. The van der Waals surface area contributed by atoms with Gasteiger partial charge in [0.05, 0.1) is 11.1 Å². The molecular formula is C12H11FN4O3. The van der Waals surface area contributed by atoms with Crippen LogP contribution < -0.4 is 5.32 Å². The fourth-order valence-corrected chi connectivity index (χ4v) is 1.64. The quantitative estimate of drug-likeness (QED) is 0.676. The van der Waals surface area contributed by atoms with Crippen LogP contribution in [0.2, 0.25) is 0 Å². The highest BCUT2D eigenvalue weighted by molar-refractivity contribution is 5.94. The van der Waals surface area contributed by atoms with Gasteiger partial charge in [-0.05, 0) is 12.1 Å². The molecule has 104 valence electrons. The van der Waals surface area contributed by atoms with Crippen molar-refractivity contribution in [3.8, 4) is 0 Å². The number of halogens is 1. The van der Waals surface area contributed by atoms with Gasteiger partial charge in [-0.3, -0.25) is 19.6 Å². The molecule has 0 aliphatic heterocycles. The van der Waals surface area contributed by atoms with E-state index in [0.717, 1.165) is 17.7 Å². The molecule has 0 unspecified atom stereocenters. The molecule has 0 radical (unpaired) electrons. The van der Waals surface area contributed by atoms with Crippen LogP contribution in [0.4, 0.5) is 10.1 Å². The van der Waals surface area contributed by atoms with Gasteiger partial charge in [-0.2, -0.15) is 9.49 Å². The molecule has 2 rings (SSSR count). The largest absolute Gasteiger partial charge is 0.348 e. The fourth-order valence-electron chi connectivity index (χ4n) is 1.64. The SMILES string of the molecule is Cn1cc(CNC(=O)c2ccc(F)c([N+](=O)[O-])c2)cn1. The third-order valence-corrected chi connectivity index (χ3v) is 2.62. The van der Waals surface area contributed by atoms with E-state index in [2.05, 4.69) is 10.4 Å². The van der Waals surface area contributed by atoms with Crippen LogP contribution in [0.15, 0.2) is 30.6 Å². The lowest BCUT2D eigenvalue weighted by atomic mass is 10.2. The molecule has 0 saturated heterocycles. The Labute approximate surface area is 113 Å². The summed E-state index contributed by atoms with van der Waals surface area (Å²) < 4.78 is 14.7. The van der Waals surface area contributed by atoms with Crippen molar-refractivity contribution in [3.05, 3.63) is 57.7 Å². The number of hydrogen-bond donors (Lipinski definition) is 1. The van der Waals surface area contributed by atoms with E-state index in [9.17, 15) is 19.3 Å². The predicted molar refractivity (Wildman–Crippen MR) is 67.4 cm³/mol. The van der Waals surface area contributed by atoms with E-state index in [0.29, 0.717) is 0 Å². The van der Waals surface area contributed by atoms with Gasteiger partial charge in [-0.25, -0.2) is 0 Å². The van der Waals surface area contributed by atoms with Crippen molar-refractivity contribution in [1.29, 1.82) is 0 Å². The van der Waals surface area contributed by atoms with Gasteiger partial charge in [0.25, 0.3) is 5.91 Å². The molecule has 0 aliphatic rings. The maximum absolute atomic E-state index is 13.2. The summed E-state index contributed by atoms with van der Waals surface area (Å²) in [4.78, 5) is 21.6. The number of nitro groups is 1. The van der Waals surface area contributed by atoms with E-state index in [4.69, 9.17) is 0 Å². The molecule has 0 saturated carbocycles. The van der Waals surface area contributed by atoms with Crippen molar-refractivity contribution in [2.24, 2.45) is 7.05 Å². The van der Waals surface area contributed by atoms with E-state index in [1.165, 1.54) is 6.07 Å². The number of carbonyl (C=O) groups is 1. The number of nitrogens with one attached hydrogen (secondary N) is 1. The molecule has 0 spiro atoms. The molecule has 7 nitrogen and oxygen atoms in total. The first-order chi connectivity index (χ1) is 9.47. The van der Waals surface area contributed by atoms with Gasteiger partial charge < -0.3 is 5.32 Å². The molecule has 1 N–H and O–H groups in total. The van der Waals surface area contributed by atoms with Crippen LogP contribution in [0.5, 0.6) is 0 Å². The van der Waals surface area contributed by atoms with Crippen LogP contribution in [0, 0.1) is 15.9 Å². The van der Waals surface area contributed by atoms with Gasteiger partial charge in [0.15, 0.2) is 0 Å². The second-order valence-electron chi connectivity index (χ2n) is 4.13. The summed E-state index contributed by atoms with van der Waals surface area (Å²) in [6, 6.07) is 3.01. The Balaban J connectivity index is 2.09. The highest BCUT2D eigenvalue weighted by Crippen LogP contribution is 2.18. The van der Waals surface area contributed by atoms with Crippen LogP contribution >= 0.6 is 0 Å². The van der Waals surface area contributed by atoms with Crippen molar-refractivity contribution in [3.63, 3.8) is 0 Å². The monoisotopic (exact) mass is 278 g/mol. The van der Waals surface area contributed by atoms with Crippen LogP contribution in [0.1, 0.15) is 15.9 Å². The lowest BCUT2D eigenvalue weighted by molar-refractivity contribution is -0.387. The molecule has 0 aliphatic carbocycles. The summed E-state index contributed by atoms with van der Waals surface area (Å²) in [6.45, 7) is 0.234. The van der Waals surface area contributed by atoms with Crippen molar-refractivity contribution >= 4 is 11.6 Å². The minimum atomic E-state index is -0.973. The number of aromatic nitrogens is 2. The molecule has 0 bridgehead atoms. The van der Waals surface area contributed by atoms with Crippen molar-refractivity contribution < 1.29 is 14.1 Å². The molecular weight excluding hydrogens is 267 g/mol. The van der Waals surface area contributed by atoms with Crippen LogP contribution in [-0.2, 0) is 13.6 Å². The zero-order valence-corrected chi connectivity index (χ0v) is 10.5. The molecule has 1 aromatic heterocycles. The number of nitrogens with zero attached hydrogens (tertiary/aromatic N) is 3. The van der Waals surface area contributed by atoms with E-state index in [-0.39, 0.29) is 12.1 Å². The van der Waals surface area contributed by atoms with Gasteiger partial charge in [0, 0.05) is 37.0 Å². The third-order valence-electron chi connectivity index (χ3n) is 2.62. The normalized spacial score (nSPS) is 10.3. The van der Waals surface area contributed by atoms with E-state index in [1.54, 1.807) is 24.1 Å². The lowest BCUT2D eigenvalue weighted by Gasteiger charge is -2.03. The smallest absolute Gasteiger partial charge is 0.305 e. The Bertz CT molecular complexity index is 668. The molecule has 8 heteroatoms. The maximum Gasteiger partial charge on any atom is 0.305 e. The summed E-state index contributed by atoms with van der Waals surface area (Å²) in [7, 11) is 1.74. The molecule has 0 atom stereocenters. The summed E-state index contributed by atoms with van der Waals surface area (Å²) in [6.07, 6.45) is 3.32. The number of aryl methyl sites for hydroxylation is 1. The minimum absolute atomic E-state index is 0.0296. The Morgan fingerprint density at radius 3 is 2.90 bits per heavy atom. The van der Waals surface area contributed by atoms with Crippen LogP contribution in [0.25, 0.3) is 0 Å². The predicted octanol–water partition coefficient (Wildman–Crippen LogP) is 1.40. The summed E-state index contributed by atoms with van der Waals surface area (Å²) >= 11 is 0. The summed E-state index contributed by atoms with van der Waals surface area (Å²) in [5, 5.41) is 17.1. The Hall–Kier alpha value is -2.77. The van der Waals surface area contributed by atoms with E-state index in [1.807, 2.05) is 0 Å². The summed E-state index contributed by atoms with van der Waals surface area (Å²) in [5.74, 6) is -1.49. The first-order valence-electron chi connectivity index (χ1n) is 5.67. The van der Waals surface area contributed by atoms with Crippen molar-refractivity contribution in [2.75, 3.05) is 0 Å². The molecule has 1 amide bonds. The second kappa shape index (κ2) is 5.47. The highest BCUT2D eigenvalue weighted by atomic mass is 19.1. The molecule has 2 aromatic rings. The average molecular weight is 278 g/mol. The van der Waals surface area contributed by atoms with E-state index < -0.39 is 22.3 Å². The van der Waals surface area contributed by atoms with Gasteiger partial charge in [0.1, 0.15) is 0 Å². The number of nitro benzene ring substituents is 1. The average Bonchev–Trinajstić information content (AvgIpc) is 2.82. The second-order valence-corrected chi connectivity index (χ2v) is 4.13. The standard InChI is InChI=1S/C12H11FN4O3/c1-16-7-8(6-15-16)5-14-12(18)9-2-3-10(13)11(4-9)17(19)20/h2-4,6-7H,5H2,1H3,(H,14,18). The van der Waals surface area contributed by atoms with Crippen molar-refractivity contribution in [2.45, 2.75) is 6.54 Å². The van der Waals surface area contributed by atoms with Gasteiger partial charge in [-0.1, -0.05) is 0 Å². The summed E-state index contributed by atoms with van der Waals surface area (Å²) in [5.41, 5.74) is 0.0958. The number of carbonyl (C=O) groups excluding carboxylic acids is 1. The highest BCUT2D eigenvalue weighted by Gasteiger charge is 2.17. The molecule has 1 aromatic carbocycles. The van der Waals surface area contributed by atoms with Crippen LogP contribution in [0.3, 0.4) is 0 Å². The Kier molecular flexibility index (Phi) is 3.74. The third kappa shape index (κ3) is 2.97.